The van der Waals surface area contributed by atoms with Crippen LogP contribution in [0.1, 0.15) is 0 Å². The number of nitrogens with one attached hydrogen (secondary N) is 1. The molecule has 7 heteroatoms. The predicted octanol–water partition coefficient (Wildman–Crippen LogP) is 2.56. The number of benzene rings is 1. The highest BCUT2D eigenvalue weighted by Gasteiger charge is 2.18. The van der Waals surface area contributed by atoms with Crippen LogP contribution in [0.25, 0.3) is 0 Å². The maximum Gasteiger partial charge on any atom is 0.254 e. The normalized spacial score (nSPS) is 12.3. The second-order valence-electron chi connectivity index (χ2n) is 3.19. The standard InChI is InChI=1S/C10H11Cl3N2O2/c1-17-8(4-14)10(16)15-9-6(12)2-5(11)3-7(9)13/h2-3,8H,4,14H2,1H3,(H,15,16). The van der Waals surface area contributed by atoms with Crippen LogP contribution in [0.15, 0.2) is 12.1 Å². The predicted molar refractivity (Wildman–Crippen MR) is 70.0 cm³/mol. The number of halogens is 3. The molecule has 0 saturated heterocycles. The van der Waals surface area contributed by atoms with Gasteiger partial charge in [-0.3, -0.25) is 4.79 Å². The largest absolute Gasteiger partial charge is 0.370 e. The number of ether oxygens (including phenoxy) is 1. The number of anilines is 1. The number of hydrogen-bond donors (Lipinski definition) is 2. The van der Waals surface area contributed by atoms with Crippen molar-refractivity contribution in [2.45, 2.75) is 6.10 Å². The summed E-state index contributed by atoms with van der Waals surface area (Å²) in [6.45, 7) is 0.0607. The zero-order chi connectivity index (χ0) is 13.0. The van der Waals surface area contributed by atoms with Crippen molar-refractivity contribution in [2.24, 2.45) is 5.73 Å². The summed E-state index contributed by atoms with van der Waals surface area (Å²) in [4.78, 5) is 11.7. The van der Waals surface area contributed by atoms with E-state index in [2.05, 4.69) is 5.32 Å². The summed E-state index contributed by atoms with van der Waals surface area (Å²) >= 11 is 17.6. The molecule has 3 N–H and O–H groups in total. The Labute approximate surface area is 114 Å². The molecule has 0 aliphatic carbocycles. The van der Waals surface area contributed by atoms with Crippen LogP contribution in [0.4, 0.5) is 5.69 Å². The van der Waals surface area contributed by atoms with E-state index in [1.54, 1.807) is 0 Å². The fourth-order valence-electron chi connectivity index (χ4n) is 1.18. The maximum atomic E-state index is 11.7. The summed E-state index contributed by atoms with van der Waals surface area (Å²) in [6, 6.07) is 2.96. The highest BCUT2D eigenvalue weighted by molar-refractivity contribution is 6.42. The number of rotatable bonds is 4. The lowest BCUT2D eigenvalue weighted by Crippen LogP contribution is -2.36. The van der Waals surface area contributed by atoms with E-state index in [0.29, 0.717) is 10.7 Å². The fraction of sp³-hybridized carbons (Fsp3) is 0.300. The first-order chi connectivity index (χ1) is 7.99. The molecule has 1 rings (SSSR count). The lowest BCUT2D eigenvalue weighted by molar-refractivity contribution is -0.125. The molecule has 17 heavy (non-hydrogen) atoms. The summed E-state index contributed by atoms with van der Waals surface area (Å²) in [5.41, 5.74) is 5.66. The molecule has 0 heterocycles. The Balaban J connectivity index is 2.92. The summed E-state index contributed by atoms with van der Waals surface area (Å²) < 4.78 is 4.89. The molecule has 1 aromatic rings. The second kappa shape index (κ2) is 6.42. The number of hydrogen-bond acceptors (Lipinski definition) is 3. The maximum absolute atomic E-state index is 11.7. The molecule has 0 spiro atoms. The SMILES string of the molecule is COC(CN)C(=O)Nc1c(Cl)cc(Cl)cc1Cl. The van der Waals surface area contributed by atoms with Crippen LogP contribution in [0, 0.1) is 0 Å². The summed E-state index contributed by atoms with van der Waals surface area (Å²) in [5.74, 6) is -0.416. The Hall–Kier alpha value is -0.520. The van der Waals surface area contributed by atoms with Crippen LogP contribution in [-0.2, 0) is 9.53 Å². The molecule has 0 bridgehead atoms. The zero-order valence-corrected chi connectivity index (χ0v) is 11.2. The van der Waals surface area contributed by atoms with Crippen LogP contribution in [-0.4, -0.2) is 25.7 Å². The zero-order valence-electron chi connectivity index (χ0n) is 8.97. The molecule has 1 aromatic carbocycles. The smallest absolute Gasteiger partial charge is 0.254 e. The van der Waals surface area contributed by atoms with E-state index < -0.39 is 12.0 Å². The molecule has 1 amide bonds. The van der Waals surface area contributed by atoms with Gasteiger partial charge < -0.3 is 15.8 Å². The quantitative estimate of drug-likeness (QED) is 0.897. The molecule has 94 valence electrons. The van der Waals surface area contributed by atoms with E-state index in [1.165, 1.54) is 19.2 Å². The van der Waals surface area contributed by atoms with Gasteiger partial charge in [0.05, 0.1) is 15.7 Å². The van der Waals surface area contributed by atoms with E-state index in [9.17, 15) is 4.79 Å². The molecule has 0 fully saturated rings. The minimum absolute atomic E-state index is 0.0607. The Morgan fingerprint density at radius 3 is 2.35 bits per heavy atom. The van der Waals surface area contributed by atoms with Crippen LogP contribution >= 0.6 is 34.8 Å². The van der Waals surface area contributed by atoms with Gasteiger partial charge >= 0.3 is 0 Å². The summed E-state index contributed by atoms with van der Waals surface area (Å²) in [6.07, 6.45) is -0.752. The molecule has 0 saturated carbocycles. The van der Waals surface area contributed by atoms with Crippen molar-refractivity contribution >= 4 is 46.4 Å². The molecular weight excluding hydrogens is 286 g/mol. The van der Waals surface area contributed by atoms with Gasteiger partial charge in [-0.2, -0.15) is 0 Å². The van der Waals surface area contributed by atoms with Gasteiger partial charge in [0, 0.05) is 18.7 Å². The molecule has 4 nitrogen and oxygen atoms in total. The monoisotopic (exact) mass is 296 g/mol. The van der Waals surface area contributed by atoms with Gasteiger partial charge in [0.15, 0.2) is 0 Å². The van der Waals surface area contributed by atoms with Crippen molar-refractivity contribution in [1.29, 1.82) is 0 Å². The Bertz CT molecular complexity index is 399. The highest BCUT2D eigenvalue weighted by atomic mass is 35.5. The van der Waals surface area contributed by atoms with E-state index in [0.717, 1.165) is 0 Å². The third-order valence-electron chi connectivity index (χ3n) is 2.05. The minimum Gasteiger partial charge on any atom is -0.370 e. The highest BCUT2D eigenvalue weighted by Crippen LogP contribution is 2.33. The van der Waals surface area contributed by atoms with E-state index >= 15 is 0 Å². The van der Waals surface area contributed by atoms with Crippen molar-refractivity contribution in [3.8, 4) is 0 Å². The van der Waals surface area contributed by atoms with Crippen LogP contribution in [0.5, 0.6) is 0 Å². The molecule has 0 aliphatic rings. The topological polar surface area (TPSA) is 64.3 Å². The second-order valence-corrected chi connectivity index (χ2v) is 4.44. The number of nitrogens with two attached hydrogens (primary N) is 1. The number of amides is 1. The van der Waals surface area contributed by atoms with Crippen molar-refractivity contribution in [2.75, 3.05) is 19.0 Å². The molecule has 0 aromatic heterocycles. The lowest BCUT2D eigenvalue weighted by Gasteiger charge is -2.15. The fourth-order valence-corrected chi connectivity index (χ4v) is 2.09. The van der Waals surface area contributed by atoms with Gasteiger partial charge in [-0.25, -0.2) is 0 Å². The molecule has 0 aliphatic heterocycles. The average molecular weight is 298 g/mol. The first-order valence-electron chi connectivity index (χ1n) is 4.67. The number of carbonyl (C=O) groups is 1. The van der Waals surface area contributed by atoms with Crippen molar-refractivity contribution < 1.29 is 9.53 Å². The van der Waals surface area contributed by atoms with Gasteiger partial charge in [-0.1, -0.05) is 34.8 Å². The Morgan fingerprint density at radius 1 is 1.41 bits per heavy atom. The van der Waals surface area contributed by atoms with Crippen LogP contribution < -0.4 is 11.1 Å². The summed E-state index contributed by atoms with van der Waals surface area (Å²) in [5, 5.41) is 3.44. The summed E-state index contributed by atoms with van der Waals surface area (Å²) in [7, 11) is 1.39. The van der Waals surface area contributed by atoms with E-state index in [-0.39, 0.29) is 16.6 Å². The van der Waals surface area contributed by atoms with Crippen molar-refractivity contribution in [3.63, 3.8) is 0 Å². The van der Waals surface area contributed by atoms with Crippen molar-refractivity contribution in [3.05, 3.63) is 27.2 Å². The van der Waals surface area contributed by atoms with E-state index in [1.807, 2.05) is 0 Å². The van der Waals surface area contributed by atoms with Gasteiger partial charge in [0.25, 0.3) is 5.91 Å². The third kappa shape index (κ3) is 3.72. The van der Waals surface area contributed by atoms with Gasteiger partial charge in [0.2, 0.25) is 0 Å². The minimum atomic E-state index is -0.752. The average Bonchev–Trinajstić information content (AvgIpc) is 2.25. The first kappa shape index (κ1) is 14.5. The lowest BCUT2D eigenvalue weighted by atomic mass is 10.2. The number of methoxy groups -OCH3 is 1. The molecular formula is C10H11Cl3N2O2. The molecule has 0 radical (unpaired) electrons. The van der Waals surface area contributed by atoms with Gasteiger partial charge in [0.1, 0.15) is 6.10 Å². The van der Waals surface area contributed by atoms with E-state index in [4.69, 9.17) is 45.3 Å². The third-order valence-corrected chi connectivity index (χ3v) is 2.86. The molecule has 1 unspecified atom stereocenters. The van der Waals surface area contributed by atoms with Crippen molar-refractivity contribution in [1.82, 2.24) is 0 Å². The molecule has 1 atom stereocenters. The first-order valence-corrected chi connectivity index (χ1v) is 5.81. The van der Waals surface area contributed by atoms with Crippen LogP contribution in [0.2, 0.25) is 15.1 Å². The van der Waals surface area contributed by atoms with Gasteiger partial charge in [-0.15, -0.1) is 0 Å². The Morgan fingerprint density at radius 2 is 1.94 bits per heavy atom. The number of carbonyl (C=O) groups excluding carboxylic acids is 1. The van der Waals surface area contributed by atoms with Gasteiger partial charge in [-0.05, 0) is 12.1 Å². The van der Waals surface area contributed by atoms with Crippen LogP contribution in [0.3, 0.4) is 0 Å². The Kier molecular flexibility index (Phi) is 5.49.